The van der Waals surface area contributed by atoms with Crippen molar-refractivity contribution < 1.29 is 13.2 Å². The second kappa shape index (κ2) is 6.57. The van der Waals surface area contributed by atoms with Gasteiger partial charge in [0, 0.05) is 10.7 Å². The van der Waals surface area contributed by atoms with Crippen LogP contribution in [-0.4, -0.2) is 19.1 Å². The smallest absolute Gasteiger partial charge is 0.246 e. The first-order valence-corrected chi connectivity index (χ1v) is 9.68. The average molecular weight is 364 g/mol. The van der Waals surface area contributed by atoms with Crippen LogP contribution >= 0.6 is 11.6 Å². The lowest BCUT2D eigenvalue weighted by atomic mass is 10.1. The van der Waals surface area contributed by atoms with E-state index >= 15 is 0 Å². The van der Waals surface area contributed by atoms with Gasteiger partial charge in [-0.3, -0.25) is 4.79 Å². The number of sulfone groups is 1. The van der Waals surface area contributed by atoms with E-state index in [-0.39, 0.29) is 4.90 Å². The van der Waals surface area contributed by atoms with Gasteiger partial charge < -0.3 is 5.32 Å². The quantitative estimate of drug-likeness (QED) is 0.890. The molecule has 3 rings (SSSR count). The van der Waals surface area contributed by atoms with Crippen LogP contribution in [0.5, 0.6) is 0 Å². The number of amides is 1. The minimum absolute atomic E-state index is 0.193. The molecule has 0 aromatic heterocycles. The number of benzene rings is 2. The molecule has 126 valence electrons. The van der Waals surface area contributed by atoms with Crippen molar-refractivity contribution in [3.8, 4) is 0 Å². The Hall–Kier alpha value is -1.85. The molecule has 0 radical (unpaired) electrons. The molecule has 1 amide bonds. The Bertz CT molecular complexity index is 826. The second-order valence-electron chi connectivity index (χ2n) is 5.98. The van der Waals surface area contributed by atoms with Gasteiger partial charge in [-0.05, 0) is 49.2 Å². The Balaban J connectivity index is 1.96. The topological polar surface area (TPSA) is 63.2 Å². The number of hydrogen-bond donors (Lipinski definition) is 1. The molecule has 0 spiro atoms. The van der Waals surface area contributed by atoms with Crippen LogP contribution in [0.3, 0.4) is 0 Å². The van der Waals surface area contributed by atoms with Gasteiger partial charge in [0.2, 0.25) is 5.91 Å². The van der Waals surface area contributed by atoms with Crippen molar-refractivity contribution in [2.75, 3.05) is 5.32 Å². The maximum atomic E-state index is 13.2. The molecule has 1 fully saturated rings. The summed E-state index contributed by atoms with van der Waals surface area (Å²) in [5.41, 5.74) is 0.541. The van der Waals surface area contributed by atoms with E-state index < -0.39 is 20.5 Å². The summed E-state index contributed by atoms with van der Waals surface area (Å²) in [4.78, 5) is 13.1. The lowest BCUT2D eigenvalue weighted by Gasteiger charge is -2.27. The molecule has 0 aliphatic heterocycles. The van der Waals surface area contributed by atoms with Crippen molar-refractivity contribution >= 4 is 33.0 Å². The summed E-state index contributed by atoms with van der Waals surface area (Å²) in [5.74, 6) is -0.467. The number of hydrogen-bond acceptors (Lipinski definition) is 3. The molecule has 1 aliphatic carbocycles. The highest BCUT2D eigenvalue weighted by molar-refractivity contribution is 7.93. The van der Waals surface area contributed by atoms with E-state index in [4.69, 9.17) is 11.6 Å². The van der Waals surface area contributed by atoms with Crippen molar-refractivity contribution in [1.82, 2.24) is 0 Å². The summed E-state index contributed by atoms with van der Waals surface area (Å²) in [6.45, 7) is 0. The zero-order chi connectivity index (χ0) is 17.2. The molecule has 6 heteroatoms. The molecule has 4 nitrogen and oxygen atoms in total. The summed E-state index contributed by atoms with van der Waals surface area (Å²) >= 11 is 5.85. The Morgan fingerprint density at radius 1 is 0.958 bits per heavy atom. The zero-order valence-electron chi connectivity index (χ0n) is 13.0. The van der Waals surface area contributed by atoms with Gasteiger partial charge in [0.05, 0.1) is 4.90 Å². The third kappa shape index (κ3) is 2.94. The first kappa shape index (κ1) is 17.0. The van der Waals surface area contributed by atoms with Crippen molar-refractivity contribution in [3.63, 3.8) is 0 Å². The molecule has 24 heavy (non-hydrogen) atoms. The molecule has 0 heterocycles. The van der Waals surface area contributed by atoms with Crippen LogP contribution in [0.25, 0.3) is 0 Å². The van der Waals surface area contributed by atoms with Crippen molar-refractivity contribution in [2.45, 2.75) is 35.3 Å². The van der Waals surface area contributed by atoms with E-state index in [1.165, 1.54) is 0 Å². The van der Waals surface area contributed by atoms with E-state index in [1.807, 2.05) is 0 Å². The number of carbonyl (C=O) groups excluding carboxylic acids is 1. The van der Waals surface area contributed by atoms with Crippen molar-refractivity contribution in [2.24, 2.45) is 0 Å². The molecule has 0 bridgehead atoms. The number of anilines is 1. The molecule has 1 saturated carbocycles. The monoisotopic (exact) mass is 363 g/mol. The van der Waals surface area contributed by atoms with Gasteiger partial charge in [0.25, 0.3) is 0 Å². The first-order chi connectivity index (χ1) is 11.5. The van der Waals surface area contributed by atoms with E-state index in [2.05, 4.69) is 5.32 Å². The average Bonchev–Trinajstić information content (AvgIpc) is 3.09. The summed E-state index contributed by atoms with van der Waals surface area (Å²) in [6, 6.07) is 14.8. The molecule has 0 unspecified atom stereocenters. The molecule has 1 aliphatic rings. The van der Waals surface area contributed by atoms with Crippen LogP contribution in [0.15, 0.2) is 59.5 Å². The third-order valence-electron chi connectivity index (χ3n) is 4.50. The molecule has 0 atom stereocenters. The van der Waals surface area contributed by atoms with Gasteiger partial charge in [-0.15, -0.1) is 0 Å². The summed E-state index contributed by atoms with van der Waals surface area (Å²) in [6.07, 6.45) is 2.12. The summed E-state index contributed by atoms with van der Waals surface area (Å²) in [5, 5.41) is 3.31. The largest absolute Gasteiger partial charge is 0.325 e. The minimum atomic E-state index is -3.77. The highest BCUT2D eigenvalue weighted by Gasteiger charge is 2.52. The Labute approximate surface area is 146 Å². The van der Waals surface area contributed by atoms with Gasteiger partial charge >= 0.3 is 0 Å². The van der Waals surface area contributed by atoms with Gasteiger partial charge in [0.15, 0.2) is 14.6 Å². The fraction of sp³-hybridized carbons (Fsp3) is 0.278. The molecule has 1 N–H and O–H groups in total. The van der Waals surface area contributed by atoms with Gasteiger partial charge in [-0.1, -0.05) is 42.6 Å². The van der Waals surface area contributed by atoms with Crippen LogP contribution in [0.1, 0.15) is 25.7 Å². The number of rotatable bonds is 4. The Morgan fingerprint density at radius 2 is 1.54 bits per heavy atom. The molecular formula is C18H18ClNO3S. The van der Waals surface area contributed by atoms with Crippen LogP contribution in [0.2, 0.25) is 5.02 Å². The maximum Gasteiger partial charge on any atom is 0.246 e. The van der Waals surface area contributed by atoms with E-state index in [0.717, 1.165) is 12.8 Å². The van der Waals surface area contributed by atoms with Crippen LogP contribution in [0.4, 0.5) is 5.69 Å². The lowest BCUT2D eigenvalue weighted by Crippen LogP contribution is -2.47. The standard InChI is InChI=1S/C18H18ClNO3S/c19-14-8-10-15(11-9-14)20-17(21)18(12-4-5-13-18)24(22,23)16-6-2-1-3-7-16/h1-3,6-11H,4-5,12-13H2,(H,20,21). The van der Waals surface area contributed by atoms with E-state index in [9.17, 15) is 13.2 Å². The van der Waals surface area contributed by atoms with Crippen LogP contribution in [-0.2, 0) is 14.6 Å². The van der Waals surface area contributed by atoms with Crippen LogP contribution < -0.4 is 5.32 Å². The van der Waals surface area contributed by atoms with Crippen molar-refractivity contribution in [3.05, 3.63) is 59.6 Å². The number of nitrogens with one attached hydrogen (secondary N) is 1. The molecular weight excluding hydrogens is 346 g/mol. The Morgan fingerprint density at radius 3 is 2.12 bits per heavy atom. The summed E-state index contributed by atoms with van der Waals surface area (Å²) < 4.78 is 24.9. The third-order valence-corrected chi connectivity index (χ3v) is 7.26. The van der Waals surface area contributed by atoms with Gasteiger partial charge in [-0.2, -0.15) is 0 Å². The zero-order valence-corrected chi connectivity index (χ0v) is 14.6. The normalized spacial score (nSPS) is 16.7. The molecule has 2 aromatic carbocycles. The lowest BCUT2D eigenvalue weighted by molar-refractivity contribution is -0.118. The SMILES string of the molecule is O=C(Nc1ccc(Cl)cc1)C1(S(=O)(=O)c2ccccc2)CCCC1. The number of halogens is 1. The highest BCUT2D eigenvalue weighted by atomic mass is 35.5. The van der Waals surface area contributed by atoms with Gasteiger partial charge in [0.1, 0.15) is 0 Å². The van der Waals surface area contributed by atoms with E-state index in [1.54, 1.807) is 54.6 Å². The number of carbonyl (C=O) groups is 1. The van der Waals surface area contributed by atoms with E-state index in [0.29, 0.717) is 23.6 Å². The molecule has 2 aromatic rings. The maximum absolute atomic E-state index is 13.2. The van der Waals surface area contributed by atoms with Crippen molar-refractivity contribution in [1.29, 1.82) is 0 Å². The predicted octanol–water partition coefficient (Wildman–Crippen LogP) is 4.07. The summed E-state index contributed by atoms with van der Waals surface area (Å²) in [7, 11) is -3.77. The predicted molar refractivity (Wildman–Crippen MR) is 94.9 cm³/mol. The highest BCUT2D eigenvalue weighted by Crippen LogP contribution is 2.41. The molecule has 0 saturated heterocycles. The second-order valence-corrected chi connectivity index (χ2v) is 8.68. The van der Waals surface area contributed by atoms with Gasteiger partial charge in [-0.25, -0.2) is 8.42 Å². The Kier molecular flexibility index (Phi) is 4.65. The first-order valence-electron chi connectivity index (χ1n) is 7.82. The fourth-order valence-corrected chi connectivity index (χ4v) is 5.38. The fourth-order valence-electron chi connectivity index (χ4n) is 3.17. The van der Waals surface area contributed by atoms with Crippen LogP contribution in [0, 0.1) is 0 Å². The minimum Gasteiger partial charge on any atom is -0.325 e.